The van der Waals surface area contributed by atoms with Gasteiger partial charge in [-0.2, -0.15) is 0 Å². The van der Waals surface area contributed by atoms with Crippen molar-refractivity contribution in [1.29, 1.82) is 0 Å². The summed E-state index contributed by atoms with van der Waals surface area (Å²) < 4.78 is 5.41. The van der Waals surface area contributed by atoms with Crippen LogP contribution in [0.2, 0.25) is 0 Å². The fourth-order valence-corrected chi connectivity index (χ4v) is 3.15. The Kier molecular flexibility index (Phi) is 2.87. The van der Waals surface area contributed by atoms with Crippen molar-refractivity contribution in [2.75, 3.05) is 0 Å². The molecule has 2 heteroatoms. The van der Waals surface area contributed by atoms with Crippen LogP contribution in [-0.2, 0) is 9.53 Å². The van der Waals surface area contributed by atoms with E-state index in [0.29, 0.717) is 5.92 Å². The molecule has 2 aliphatic rings. The van der Waals surface area contributed by atoms with E-state index >= 15 is 0 Å². The Bertz CT molecular complexity index is 393. The summed E-state index contributed by atoms with van der Waals surface area (Å²) in [4.78, 5) is 11.7. The molecule has 0 bridgehead atoms. The molecule has 0 radical (unpaired) electrons. The molecule has 0 N–H and O–H groups in total. The van der Waals surface area contributed by atoms with Gasteiger partial charge in [0.2, 0.25) is 0 Å². The minimum Gasteiger partial charge on any atom is -0.460 e. The third-order valence-electron chi connectivity index (χ3n) is 4.11. The van der Waals surface area contributed by atoms with Gasteiger partial charge >= 0.3 is 5.97 Å². The molecule has 2 atom stereocenters. The molecule has 3 rings (SSSR count). The smallest absolute Gasteiger partial charge is 0.317 e. The Hall–Kier alpha value is -1.31. The van der Waals surface area contributed by atoms with Gasteiger partial charge < -0.3 is 4.74 Å². The lowest BCUT2D eigenvalue weighted by Crippen LogP contribution is -2.48. The summed E-state index contributed by atoms with van der Waals surface area (Å²) in [6.45, 7) is 0. The van der Waals surface area contributed by atoms with Crippen molar-refractivity contribution in [3.05, 3.63) is 35.9 Å². The minimum absolute atomic E-state index is 0.000648. The lowest BCUT2D eigenvalue weighted by Gasteiger charge is -2.41. The number of cyclic esters (lactones) is 1. The van der Waals surface area contributed by atoms with E-state index < -0.39 is 0 Å². The van der Waals surface area contributed by atoms with E-state index in [1.807, 2.05) is 30.3 Å². The molecule has 0 aromatic heterocycles. The first-order valence-electron chi connectivity index (χ1n) is 6.62. The van der Waals surface area contributed by atoms with Crippen molar-refractivity contribution in [3.63, 3.8) is 0 Å². The maximum atomic E-state index is 11.7. The summed E-state index contributed by atoms with van der Waals surface area (Å²) in [6.07, 6.45) is 6.51. The maximum absolute atomic E-state index is 11.7. The van der Waals surface area contributed by atoms with Gasteiger partial charge in [0.05, 0.1) is 0 Å². The first-order chi connectivity index (χ1) is 8.36. The van der Waals surface area contributed by atoms with Crippen LogP contribution < -0.4 is 0 Å². The Morgan fingerprint density at radius 2 is 1.71 bits per heavy atom. The van der Waals surface area contributed by atoms with Crippen molar-refractivity contribution in [2.45, 2.75) is 44.1 Å². The molecule has 1 saturated heterocycles. The molecule has 2 unspecified atom stereocenters. The van der Waals surface area contributed by atoms with E-state index in [1.165, 1.54) is 32.1 Å². The zero-order chi connectivity index (χ0) is 11.7. The van der Waals surface area contributed by atoms with Crippen molar-refractivity contribution in [2.24, 2.45) is 5.92 Å². The second-order valence-electron chi connectivity index (χ2n) is 5.19. The van der Waals surface area contributed by atoms with Crippen LogP contribution in [0.3, 0.4) is 0 Å². The van der Waals surface area contributed by atoms with Gasteiger partial charge in [-0.1, -0.05) is 49.6 Å². The van der Waals surface area contributed by atoms with Gasteiger partial charge in [0.15, 0.2) is 0 Å². The zero-order valence-electron chi connectivity index (χ0n) is 9.97. The van der Waals surface area contributed by atoms with Crippen LogP contribution >= 0.6 is 0 Å². The van der Waals surface area contributed by atoms with Crippen LogP contribution in [0, 0.1) is 5.92 Å². The van der Waals surface area contributed by atoms with Crippen molar-refractivity contribution >= 4 is 5.97 Å². The Labute approximate surface area is 102 Å². The lowest BCUT2D eigenvalue weighted by atomic mass is 9.75. The molecule has 0 spiro atoms. The molecule has 1 heterocycles. The molecule has 1 aromatic rings. The number of esters is 1. The molecule has 17 heavy (non-hydrogen) atoms. The standard InChI is InChI=1S/C15H18O2/c16-15-13(11-7-3-1-4-8-11)14(17-15)12-9-5-2-6-10-12/h1,3-4,7-8,12-14H,2,5-6,9-10H2. The SMILES string of the molecule is O=C1OC(C2CCCCC2)C1c1ccccc1. The number of benzene rings is 1. The highest BCUT2D eigenvalue weighted by molar-refractivity contribution is 5.84. The molecule has 1 aliphatic carbocycles. The maximum Gasteiger partial charge on any atom is 0.317 e. The van der Waals surface area contributed by atoms with Gasteiger partial charge in [-0.3, -0.25) is 4.79 Å². The summed E-state index contributed by atoms with van der Waals surface area (Å²) >= 11 is 0. The Balaban J connectivity index is 1.76. The van der Waals surface area contributed by atoms with Crippen LogP contribution in [0.5, 0.6) is 0 Å². The number of rotatable bonds is 2. The molecular formula is C15H18O2. The second-order valence-corrected chi connectivity index (χ2v) is 5.19. The topological polar surface area (TPSA) is 26.3 Å². The highest BCUT2D eigenvalue weighted by atomic mass is 16.6. The summed E-state index contributed by atoms with van der Waals surface area (Å²) in [5.74, 6) is 0.553. The highest BCUT2D eigenvalue weighted by Gasteiger charge is 2.47. The first kappa shape index (κ1) is 10.8. The van der Waals surface area contributed by atoms with Crippen molar-refractivity contribution in [3.8, 4) is 0 Å². The van der Waals surface area contributed by atoms with Gasteiger partial charge in [-0.25, -0.2) is 0 Å². The van der Waals surface area contributed by atoms with E-state index in [2.05, 4.69) is 0 Å². The van der Waals surface area contributed by atoms with Gasteiger partial charge in [0.25, 0.3) is 0 Å². The van der Waals surface area contributed by atoms with E-state index in [9.17, 15) is 4.79 Å². The average Bonchev–Trinajstić information content (AvgIpc) is 2.38. The largest absolute Gasteiger partial charge is 0.460 e. The van der Waals surface area contributed by atoms with E-state index in [1.54, 1.807) is 0 Å². The van der Waals surface area contributed by atoms with E-state index in [0.717, 1.165) is 5.56 Å². The third-order valence-corrected chi connectivity index (χ3v) is 4.11. The minimum atomic E-state index is -0.0354. The average molecular weight is 230 g/mol. The molecule has 1 aliphatic heterocycles. The molecule has 2 fully saturated rings. The van der Waals surface area contributed by atoms with Crippen LogP contribution in [0.25, 0.3) is 0 Å². The van der Waals surface area contributed by atoms with Crippen LogP contribution in [0.4, 0.5) is 0 Å². The molecule has 90 valence electrons. The zero-order valence-corrected chi connectivity index (χ0v) is 9.97. The first-order valence-corrected chi connectivity index (χ1v) is 6.62. The number of hydrogen-bond acceptors (Lipinski definition) is 2. The normalized spacial score (nSPS) is 29.5. The number of hydrogen-bond donors (Lipinski definition) is 0. The van der Waals surface area contributed by atoms with Gasteiger partial charge in [-0.05, 0) is 24.3 Å². The van der Waals surface area contributed by atoms with Gasteiger partial charge in [0.1, 0.15) is 12.0 Å². The lowest BCUT2D eigenvalue weighted by molar-refractivity contribution is -0.182. The monoisotopic (exact) mass is 230 g/mol. The molecule has 1 saturated carbocycles. The summed E-state index contributed by atoms with van der Waals surface area (Å²) in [7, 11) is 0. The van der Waals surface area contributed by atoms with Crippen LogP contribution in [0.15, 0.2) is 30.3 Å². The highest BCUT2D eigenvalue weighted by Crippen LogP contribution is 2.42. The van der Waals surface area contributed by atoms with Crippen molar-refractivity contribution in [1.82, 2.24) is 0 Å². The molecule has 0 amide bonds. The molecular weight excluding hydrogens is 212 g/mol. The fourth-order valence-electron chi connectivity index (χ4n) is 3.15. The number of ether oxygens (including phenoxy) is 1. The number of carbonyl (C=O) groups is 1. The fraction of sp³-hybridized carbons (Fsp3) is 0.533. The summed E-state index contributed by atoms with van der Waals surface area (Å²) in [5, 5.41) is 0. The number of carbonyl (C=O) groups excluding carboxylic acids is 1. The van der Waals surface area contributed by atoms with Crippen LogP contribution in [0.1, 0.15) is 43.6 Å². The van der Waals surface area contributed by atoms with Crippen LogP contribution in [-0.4, -0.2) is 12.1 Å². The van der Waals surface area contributed by atoms with E-state index in [-0.39, 0.29) is 18.0 Å². The second kappa shape index (κ2) is 4.52. The third kappa shape index (κ3) is 1.97. The molecule has 1 aromatic carbocycles. The predicted octanol–water partition coefficient (Wildman–Crippen LogP) is 3.28. The Morgan fingerprint density at radius 1 is 1.00 bits per heavy atom. The van der Waals surface area contributed by atoms with Crippen molar-refractivity contribution < 1.29 is 9.53 Å². The summed E-state index contributed by atoms with van der Waals surface area (Å²) in [5.41, 5.74) is 1.12. The molecule has 2 nitrogen and oxygen atoms in total. The summed E-state index contributed by atoms with van der Waals surface area (Å²) in [6, 6.07) is 10.1. The quantitative estimate of drug-likeness (QED) is 0.729. The van der Waals surface area contributed by atoms with E-state index in [4.69, 9.17) is 4.74 Å². The van der Waals surface area contributed by atoms with Gasteiger partial charge in [-0.15, -0.1) is 0 Å². The predicted molar refractivity (Wildman–Crippen MR) is 65.6 cm³/mol. The Morgan fingerprint density at radius 3 is 2.35 bits per heavy atom. The van der Waals surface area contributed by atoms with Gasteiger partial charge in [0, 0.05) is 0 Å².